The van der Waals surface area contributed by atoms with Crippen LogP contribution in [0.3, 0.4) is 0 Å². The van der Waals surface area contributed by atoms with E-state index in [1.54, 1.807) is 6.07 Å². The highest BCUT2D eigenvalue weighted by atomic mass is 32.2. The predicted octanol–water partition coefficient (Wildman–Crippen LogP) is 1.26. The lowest BCUT2D eigenvalue weighted by Gasteiger charge is -2.37. The second-order valence-electron chi connectivity index (χ2n) is 5.61. The van der Waals surface area contributed by atoms with E-state index in [1.165, 1.54) is 12.1 Å². The van der Waals surface area contributed by atoms with Gasteiger partial charge >= 0.3 is 5.97 Å². The smallest absolute Gasteiger partial charge is 0.336 e. The zero-order valence-electron chi connectivity index (χ0n) is 12.0. The number of carboxylic acid groups (broad SMARTS) is 1. The van der Waals surface area contributed by atoms with Gasteiger partial charge in [0.25, 0.3) is 0 Å². The molecule has 21 heavy (non-hydrogen) atoms. The van der Waals surface area contributed by atoms with Gasteiger partial charge in [-0.2, -0.15) is 0 Å². The Labute approximate surface area is 124 Å². The zero-order chi connectivity index (χ0) is 15.7. The Morgan fingerprint density at radius 3 is 2.57 bits per heavy atom. The SMILES string of the molecule is CCc1ccc(S(=O)(=O)NCC2(C)COC2)cc1C(=O)O. The summed E-state index contributed by atoms with van der Waals surface area (Å²) in [4.78, 5) is 11.2. The van der Waals surface area contributed by atoms with Gasteiger partial charge < -0.3 is 9.84 Å². The number of aryl methyl sites for hydroxylation is 1. The van der Waals surface area contributed by atoms with Gasteiger partial charge in [0.1, 0.15) is 0 Å². The summed E-state index contributed by atoms with van der Waals surface area (Å²) in [5.74, 6) is -1.12. The molecule has 1 aromatic rings. The highest BCUT2D eigenvalue weighted by Gasteiger charge is 2.34. The van der Waals surface area contributed by atoms with Crippen LogP contribution in [0.15, 0.2) is 23.1 Å². The minimum atomic E-state index is -3.72. The third kappa shape index (κ3) is 3.42. The third-order valence-corrected chi connectivity index (χ3v) is 4.99. The molecule has 0 unspecified atom stereocenters. The van der Waals surface area contributed by atoms with Crippen molar-refractivity contribution in [3.63, 3.8) is 0 Å². The first-order valence-corrected chi connectivity index (χ1v) is 8.19. The first-order chi connectivity index (χ1) is 9.77. The molecule has 2 rings (SSSR count). The van der Waals surface area contributed by atoms with Gasteiger partial charge in [0.15, 0.2) is 0 Å². The standard InChI is InChI=1S/C14H19NO5S/c1-3-10-4-5-11(6-12(10)13(16)17)21(18,19)15-7-14(2)8-20-9-14/h4-6,15H,3,7-9H2,1-2H3,(H,16,17). The van der Waals surface area contributed by atoms with Crippen molar-refractivity contribution in [3.05, 3.63) is 29.3 Å². The fourth-order valence-electron chi connectivity index (χ4n) is 2.14. The van der Waals surface area contributed by atoms with E-state index in [4.69, 9.17) is 9.84 Å². The quantitative estimate of drug-likeness (QED) is 0.825. The summed E-state index contributed by atoms with van der Waals surface area (Å²) in [6.45, 7) is 5.07. The van der Waals surface area contributed by atoms with Crippen LogP contribution in [-0.4, -0.2) is 39.3 Å². The fourth-order valence-corrected chi connectivity index (χ4v) is 3.36. The van der Waals surface area contributed by atoms with Crippen molar-refractivity contribution in [1.29, 1.82) is 0 Å². The minimum Gasteiger partial charge on any atom is -0.478 e. The molecule has 0 amide bonds. The molecule has 6 nitrogen and oxygen atoms in total. The lowest BCUT2D eigenvalue weighted by atomic mass is 9.89. The Kier molecular flexibility index (Phi) is 4.36. The average Bonchev–Trinajstić information content (AvgIpc) is 2.42. The summed E-state index contributed by atoms with van der Waals surface area (Å²) in [5, 5.41) is 9.16. The number of sulfonamides is 1. The largest absolute Gasteiger partial charge is 0.478 e. The molecule has 1 aliphatic heterocycles. The number of carboxylic acids is 1. The molecule has 0 aliphatic carbocycles. The van der Waals surface area contributed by atoms with Crippen LogP contribution in [0, 0.1) is 5.41 Å². The fraction of sp³-hybridized carbons (Fsp3) is 0.500. The lowest BCUT2D eigenvalue weighted by molar-refractivity contribution is -0.0965. The molecular formula is C14H19NO5S. The molecule has 0 bridgehead atoms. The molecule has 0 atom stereocenters. The first kappa shape index (κ1) is 15.9. The van der Waals surface area contributed by atoms with E-state index in [0.717, 1.165) is 0 Å². The predicted molar refractivity (Wildman–Crippen MR) is 76.9 cm³/mol. The van der Waals surface area contributed by atoms with Crippen molar-refractivity contribution in [1.82, 2.24) is 4.72 Å². The average molecular weight is 313 g/mol. The molecule has 7 heteroatoms. The van der Waals surface area contributed by atoms with E-state index in [2.05, 4.69) is 4.72 Å². The topological polar surface area (TPSA) is 92.7 Å². The van der Waals surface area contributed by atoms with E-state index in [0.29, 0.717) is 25.2 Å². The van der Waals surface area contributed by atoms with Gasteiger partial charge in [-0.15, -0.1) is 0 Å². The van der Waals surface area contributed by atoms with E-state index in [1.807, 2.05) is 13.8 Å². The number of hydrogen-bond acceptors (Lipinski definition) is 4. The van der Waals surface area contributed by atoms with Crippen molar-refractivity contribution in [3.8, 4) is 0 Å². The number of nitrogens with one attached hydrogen (secondary N) is 1. The number of hydrogen-bond donors (Lipinski definition) is 2. The maximum absolute atomic E-state index is 12.2. The number of benzene rings is 1. The van der Waals surface area contributed by atoms with Crippen molar-refractivity contribution in [2.75, 3.05) is 19.8 Å². The van der Waals surface area contributed by atoms with Crippen LogP contribution in [0.25, 0.3) is 0 Å². The summed E-state index contributed by atoms with van der Waals surface area (Å²) in [6, 6.07) is 4.20. The van der Waals surface area contributed by atoms with Crippen LogP contribution in [0.4, 0.5) is 0 Å². The van der Waals surface area contributed by atoms with E-state index < -0.39 is 16.0 Å². The highest BCUT2D eigenvalue weighted by molar-refractivity contribution is 7.89. The monoisotopic (exact) mass is 313 g/mol. The molecule has 2 N–H and O–H groups in total. The second-order valence-corrected chi connectivity index (χ2v) is 7.37. The number of rotatable bonds is 6. The van der Waals surface area contributed by atoms with Crippen molar-refractivity contribution in [2.24, 2.45) is 5.41 Å². The summed E-state index contributed by atoms with van der Waals surface area (Å²) >= 11 is 0. The lowest BCUT2D eigenvalue weighted by Crippen LogP contribution is -2.48. The van der Waals surface area contributed by atoms with Crippen LogP contribution in [-0.2, 0) is 21.2 Å². The summed E-state index contributed by atoms with van der Waals surface area (Å²) in [5.41, 5.74) is 0.450. The van der Waals surface area contributed by atoms with E-state index in [-0.39, 0.29) is 22.4 Å². The molecule has 1 fully saturated rings. The van der Waals surface area contributed by atoms with Gasteiger partial charge in [0.05, 0.1) is 23.7 Å². The zero-order valence-corrected chi connectivity index (χ0v) is 12.9. The Morgan fingerprint density at radius 2 is 2.10 bits per heavy atom. The van der Waals surface area contributed by atoms with Gasteiger partial charge in [0, 0.05) is 12.0 Å². The second kappa shape index (κ2) is 5.75. The summed E-state index contributed by atoms with van der Waals surface area (Å²) in [7, 11) is -3.72. The molecule has 1 aromatic carbocycles. The van der Waals surface area contributed by atoms with E-state index in [9.17, 15) is 13.2 Å². The molecule has 1 saturated heterocycles. The molecule has 1 heterocycles. The number of aromatic carboxylic acids is 1. The van der Waals surface area contributed by atoms with Gasteiger partial charge in [-0.3, -0.25) is 0 Å². The van der Waals surface area contributed by atoms with Gasteiger partial charge in [0.2, 0.25) is 10.0 Å². The molecular weight excluding hydrogens is 294 g/mol. The summed E-state index contributed by atoms with van der Waals surface area (Å²) in [6.07, 6.45) is 0.533. The Hall–Kier alpha value is -1.44. The Bertz CT molecular complexity index is 649. The maximum Gasteiger partial charge on any atom is 0.336 e. The minimum absolute atomic E-state index is 0.0264. The highest BCUT2D eigenvalue weighted by Crippen LogP contribution is 2.26. The van der Waals surface area contributed by atoms with Crippen LogP contribution in [0.5, 0.6) is 0 Å². The number of carbonyl (C=O) groups is 1. The molecule has 0 spiro atoms. The third-order valence-electron chi connectivity index (χ3n) is 3.59. The molecule has 116 valence electrons. The van der Waals surface area contributed by atoms with Crippen LogP contribution >= 0.6 is 0 Å². The van der Waals surface area contributed by atoms with Crippen LogP contribution in [0.2, 0.25) is 0 Å². The first-order valence-electron chi connectivity index (χ1n) is 6.71. The van der Waals surface area contributed by atoms with Gasteiger partial charge in [-0.05, 0) is 24.1 Å². The molecule has 0 radical (unpaired) electrons. The van der Waals surface area contributed by atoms with Gasteiger partial charge in [-0.1, -0.05) is 19.9 Å². The Balaban J connectivity index is 2.23. The van der Waals surface area contributed by atoms with Crippen molar-refractivity contribution in [2.45, 2.75) is 25.2 Å². The summed E-state index contributed by atoms with van der Waals surface area (Å²) < 4.78 is 32.1. The van der Waals surface area contributed by atoms with Gasteiger partial charge in [-0.25, -0.2) is 17.9 Å². The molecule has 0 aromatic heterocycles. The van der Waals surface area contributed by atoms with Crippen LogP contribution in [0.1, 0.15) is 29.8 Å². The van der Waals surface area contributed by atoms with Crippen molar-refractivity contribution < 1.29 is 23.1 Å². The van der Waals surface area contributed by atoms with E-state index >= 15 is 0 Å². The van der Waals surface area contributed by atoms with Crippen molar-refractivity contribution >= 4 is 16.0 Å². The molecule has 0 saturated carbocycles. The van der Waals surface area contributed by atoms with Crippen LogP contribution < -0.4 is 4.72 Å². The normalized spacial score (nSPS) is 17.2. The number of ether oxygens (including phenoxy) is 1. The maximum atomic E-state index is 12.2. The molecule has 1 aliphatic rings. The Morgan fingerprint density at radius 1 is 1.43 bits per heavy atom.